The number of halogens is 1. The topological polar surface area (TPSA) is 69.7 Å². The molecule has 31 heavy (non-hydrogen) atoms. The molecule has 0 aliphatic carbocycles. The highest BCUT2D eigenvalue weighted by molar-refractivity contribution is 7.91. The average molecular weight is 484 g/mol. The number of hydrogen-bond acceptors (Lipinski definition) is 5. The first-order valence-electron chi connectivity index (χ1n) is 11.0. The van der Waals surface area contributed by atoms with Crippen molar-refractivity contribution in [3.05, 3.63) is 29.3 Å². The molecule has 1 N–H and O–H groups in total. The third kappa shape index (κ3) is 5.09. The fourth-order valence-corrected chi connectivity index (χ4v) is 7.33. The van der Waals surface area contributed by atoms with Gasteiger partial charge in [-0.25, -0.2) is 13.1 Å². The number of carbonyl (C=O) groups excluding carboxylic acids is 1. The van der Waals surface area contributed by atoms with Crippen molar-refractivity contribution in [1.29, 1.82) is 0 Å². The van der Waals surface area contributed by atoms with Gasteiger partial charge in [0.1, 0.15) is 4.21 Å². The summed E-state index contributed by atoms with van der Waals surface area (Å²) in [6, 6.07) is 7.80. The van der Waals surface area contributed by atoms with Crippen LogP contribution in [0.1, 0.15) is 39.5 Å². The van der Waals surface area contributed by atoms with Crippen LogP contribution in [0, 0.1) is 5.92 Å². The molecule has 3 heterocycles. The molecule has 2 fully saturated rings. The van der Waals surface area contributed by atoms with Gasteiger partial charge in [0.15, 0.2) is 0 Å². The maximum Gasteiger partial charge on any atom is 0.250 e. The molecule has 4 rings (SSSR count). The van der Waals surface area contributed by atoms with Gasteiger partial charge in [-0.3, -0.25) is 4.79 Å². The highest BCUT2D eigenvalue weighted by Crippen LogP contribution is 2.31. The number of nitrogens with zero attached hydrogens (tertiary/aromatic N) is 2. The van der Waals surface area contributed by atoms with E-state index in [-0.39, 0.29) is 28.6 Å². The number of rotatable bonds is 6. The number of amides is 1. The fourth-order valence-electron chi connectivity index (χ4n) is 4.65. The molecule has 2 aliphatic heterocycles. The van der Waals surface area contributed by atoms with Crippen LogP contribution in [0.4, 0.5) is 0 Å². The Morgan fingerprint density at radius 3 is 2.61 bits per heavy atom. The molecule has 0 radical (unpaired) electrons. The minimum atomic E-state index is -3.67. The molecule has 2 saturated heterocycles. The van der Waals surface area contributed by atoms with E-state index < -0.39 is 10.0 Å². The lowest BCUT2D eigenvalue weighted by molar-refractivity contribution is -0.141. The van der Waals surface area contributed by atoms with Crippen LogP contribution in [0.5, 0.6) is 0 Å². The summed E-state index contributed by atoms with van der Waals surface area (Å²) >= 11 is 7.23. The van der Waals surface area contributed by atoms with Crippen molar-refractivity contribution >= 4 is 49.0 Å². The standard InChI is InChI=1S/C22H30ClN3O3S2/c1-15(2)25-10-7-19(8-11-25)26-9-3-4-16(22(26)27)14-24-31(28,29)21-13-17-12-18(23)5-6-20(17)30-21/h5-6,12-13,15-16,19,24H,3-4,7-11,14H2,1-2H3. The first-order chi connectivity index (χ1) is 14.7. The summed E-state index contributed by atoms with van der Waals surface area (Å²) in [6.07, 6.45) is 3.63. The summed E-state index contributed by atoms with van der Waals surface area (Å²) in [6.45, 7) is 7.38. The van der Waals surface area contributed by atoms with Gasteiger partial charge in [-0.2, -0.15) is 0 Å². The SMILES string of the molecule is CC(C)N1CCC(N2CCCC(CNS(=O)(=O)c3cc4cc(Cl)ccc4s3)C2=O)CC1. The van der Waals surface area contributed by atoms with Gasteiger partial charge in [0, 0.05) is 48.0 Å². The highest BCUT2D eigenvalue weighted by atomic mass is 35.5. The second-order valence-electron chi connectivity index (χ2n) is 8.83. The molecular weight excluding hydrogens is 454 g/mol. The Kier molecular flexibility index (Phi) is 6.93. The quantitative estimate of drug-likeness (QED) is 0.675. The summed E-state index contributed by atoms with van der Waals surface area (Å²) in [5.41, 5.74) is 0. The number of thiophene rings is 1. The number of likely N-dealkylation sites (tertiary alicyclic amines) is 2. The molecule has 0 saturated carbocycles. The van der Waals surface area contributed by atoms with Gasteiger partial charge in [-0.15, -0.1) is 11.3 Å². The molecule has 1 aromatic carbocycles. The van der Waals surface area contributed by atoms with Gasteiger partial charge in [-0.05, 0) is 69.2 Å². The number of sulfonamides is 1. The first kappa shape index (κ1) is 23.0. The zero-order chi connectivity index (χ0) is 22.2. The van der Waals surface area contributed by atoms with Crippen molar-refractivity contribution in [3.63, 3.8) is 0 Å². The Labute approximate surface area is 193 Å². The van der Waals surface area contributed by atoms with Crippen molar-refractivity contribution < 1.29 is 13.2 Å². The van der Waals surface area contributed by atoms with Crippen LogP contribution >= 0.6 is 22.9 Å². The molecule has 170 valence electrons. The summed E-state index contributed by atoms with van der Waals surface area (Å²) in [5.74, 6) is -0.199. The molecule has 9 heteroatoms. The summed E-state index contributed by atoms with van der Waals surface area (Å²) in [5, 5.41) is 1.39. The lowest BCUT2D eigenvalue weighted by Gasteiger charge is -2.43. The monoisotopic (exact) mass is 483 g/mol. The third-order valence-corrected chi connectivity index (χ3v) is 9.74. The second-order valence-corrected chi connectivity index (χ2v) is 12.3. The van der Waals surface area contributed by atoms with E-state index >= 15 is 0 Å². The van der Waals surface area contributed by atoms with E-state index in [4.69, 9.17) is 11.6 Å². The average Bonchev–Trinajstić information content (AvgIpc) is 3.17. The normalized spacial score (nSPS) is 22.0. The van der Waals surface area contributed by atoms with Gasteiger partial charge in [0.25, 0.3) is 0 Å². The predicted molar refractivity (Wildman–Crippen MR) is 126 cm³/mol. The fraction of sp³-hybridized carbons (Fsp3) is 0.591. The van der Waals surface area contributed by atoms with E-state index in [2.05, 4.69) is 23.5 Å². The number of carbonyl (C=O) groups is 1. The van der Waals surface area contributed by atoms with E-state index in [1.165, 1.54) is 11.3 Å². The van der Waals surface area contributed by atoms with Crippen LogP contribution in [0.3, 0.4) is 0 Å². The van der Waals surface area contributed by atoms with Crippen LogP contribution in [0.25, 0.3) is 10.1 Å². The van der Waals surface area contributed by atoms with Gasteiger partial charge in [-0.1, -0.05) is 11.6 Å². The summed E-state index contributed by atoms with van der Waals surface area (Å²) in [7, 11) is -3.67. The molecule has 2 aromatic rings. The van der Waals surface area contributed by atoms with Crippen molar-refractivity contribution in [3.8, 4) is 0 Å². The third-order valence-electron chi connectivity index (χ3n) is 6.49. The van der Waals surface area contributed by atoms with E-state index in [1.807, 2.05) is 11.0 Å². The lowest BCUT2D eigenvalue weighted by Crippen LogP contribution is -2.53. The molecule has 0 spiro atoms. The highest BCUT2D eigenvalue weighted by Gasteiger charge is 2.35. The molecule has 1 amide bonds. The molecule has 0 bridgehead atoms. The van der Waals surface area contributed by atoms with Crippen molar-refractivity contribution in [1.82, 2.24) is 14.5 Å². The van der Waals surface area contributed by atoms with E-state index in [0.717, 1.165) is 55.4 Å². The van der Waals surface area contributed by atoms with Gasteiger partial charge in [0.05, 0.1) is 5.92 Å². The maximum atomic E-state index is 13.1. The van der Waals surface area contributed by atoms with Crippen molar-refractivity contribution in [2.45, 2.75) is 55.8 Å². The van der Waals surface area contributed by atoms with E-state index in [9.17, 15) is 13.2 Å². The first-order valence-corrected chi connectivity index (χ1v) is 13.7. The lowest BCUT2D eigenvalue weighted by atomic mass is 9.93. The second kappa shape index (κ2) is 9.35. The Morgan fingerprint density at radius 1 is 1.16 bits per heavy atom. The Bertz CT molecular complexity index is 1050. The molecule has 1 unspecified atom stereocenters. The number of hydrogen-bond donors (Lipinski definition) is 1. The van der Waals surface area contributed by atoms with E-state index in [0.29, 0.717) is 11.1 Å². The molecule has 1 atom stereocenters. The smallest absolute Gasteiger partial charge is 0.250 e. The predicted octanol–water partition coefficient (Wildman–Crippen LogP) is 3.94. The minimum absolute atomic E-state index is 0.0973. The number of benzene rings is 1. The number of fused-ring (bicyclic) bond motifs is 1. The van der Waals surface area contributed by atoms with Crippen molar-refractivity contribution in [2.24, 2.45) is 5.92 Å². The molecule has 6 nitrogen and oxygen atoms in total. The van der Waals surface area contributed by atoms with Gasteiger partial charge >= 0.3 is 0 Å². The zero-order valence-corrected chi connectivity index (χ0v) is 20.4. The Morgan fingerprint density at radius 2 is 1.90 bits per heavy atom. The van der Waals surface area contributed by atoms with Crippen LogP contribution < -0.4 is 4.72 Å². The van der Waals surface area contributed by atoms with Gasteiger partial charge in [0.2, 0.25) is 15.9 Å². The maximum absolute atomic E-state index is 13.1. The van der Waals surface area contributed by atoms with Crippen LogP contribution in [0.15, 0.2) is 28.5 Å². The molecule has 1 aromatic heterocycles. The summed E-state index contributed by atoms with van der Waals surface area (Å²) < 4.78 is 29.5. The summed E-state index contributed by atoms with van der Waals surface area (Å²) in [4.78, 5) is 17.6. The molecule has 2 aliphatic rings. The largest absolute Gasteiger partial charge is 0.339 e. The van der Waals surface area contributed by atoms with Crippen LogP contribution in [-0.4, -0.2) is 62.4 Å². The minimum Gasteiger partial charge on any atom is -0.339 e. The molecular formula is C22H30ClN3O3S2. The Balaban J connectivity index is 1.39. The van der Waals surface area contributed by atoms with Crippen molar-refractivity contribution in [2.75, 3.05) is 26.2 Å². The number of piperidine rings is 2. The van der Waals surface area contributed by atoms with Crippen LogP contribution in [0.2, 0.25) is 5.02 Å². The Hall–Kier alpha value is -1.19. The van der Waals surface area contributed by atoms with Gasteiger partial charge < -0.3 is 9.80 Å². The van der Waals surface area contributed by atoms with E-state index in [1.54, 1.807) is 18.2 Å². The number of nitrogens with one attached hydrogen (secondary N) is 1. The zero-order valence-electron chi connectivity index (χ0n) is 18.0. The van der Waals surface area contributed by atoms with Crippen LogP contribution in [-0.2, 0) is 14.8 Å².